The van der Waals surface area contributed by atoms with E-state index in [1.54, 1.807) is 0 Å². The highest BCUT2D eigenvalue weighted by Crippen LogP contribution is 2.23. The van der Waals surface area contributed by atoms with Gasteiger partial charge in [-0.2, -0.15) is 0 Å². The molecular formula is C30H56O14. The lowest BCUT2D eigenvalue weighted by Crippen LogP contribution is -2.39. The van der Waals surface area contributed by atoms with Crippen LogP contribution in [0.4, 0.5) is 0 Å². The highest BCUT2D eigenvalue weighted by atomic mass is 16.7. The molecule has 0 spiro atoms. The van der Waals surface area contributed by atoms with Crippen LogP contribution in [0.25, 0.3) is 0 Å². The Morgan fingerprint density at radius 2 is 0.955 bits per heavy atom. The number of hydrogen-bond acceptors (Lipinski definition) is 14. The Kier molecular flexibility index (Phi) is 17.2. The molecule has 8 unspecified atom stereocenters. The maximum atomic E-state index is 10.4. The smallest absolute Gasteiger partial charge is 0.178 e. The van der Waals surface area contributed by atoms with Gasteiger partial charge in [0.25, 0.3) is 0 Å². The predicted molar refractivity (Wildman–Crippen MR) is 155 cm³/mol. The molecule has 0 bridgehead atoms. The molecule has 0 amide bonds. The van der Waals surface area contributed by atoms with E-state index in [0.717, 1.165) is 13.2 Å². The number of aliphatic hydroxyl groups excluding tert-OH is 2. The Morgan fingerprint density at radius 1 is 0.591 bits per heavy atom. The van der Waals surface area contributed by atoms with Crippen LogP contribution in [0.15, 0.2) is 0 Å². The zero-order valence-corrected chi connectivity index (χ0v) is 27.1. The van der Waals surface area contributed by atoms with Crippen molar-refractivity contribution >= 4 is 0 Å². The lowest BCUT2D eigenvalue weighted by atomic mass is 9.94. The van der Waals surface area contributed by atoms with Crippen LogP contribution in [0.2, 0.25) is 0 Å². The fourth-order valence-corrected chi connectivity index (χ4v) is 3.91. The van der Waals surface area contributed by atoms with Crippen molar-refractivity contribution in [3.8, 4) is 0 Å². The fraction of sp³-hybridized carbons (Fsp3) is 1.00. The quantitative estimate of drug-likeness (QED) is 0.0642. The van der Waals surface area contributed by atoms with Crippen molar-refractivity contribution in [2.24, 2.45) is 10.8 Å². The third kappa shape index (κ3) is 17.4. The van der Waals surface area contributed by atoms with Gasteiger partial charge in [-0.05, 0) is 20.8 Å². The standard InChI is InChI=1S/C30H56O14/c1-6-33-21-37-18-30(5,17-36-9-26-12-42-26)20-44-28(32)14-39-23(3)22(2)38-13-27(31)43-19-29(4,15-34-7-24-10-40-24)16-35-8-25-11-41-25/h22-28,31-32H,6-21H2,1-5H3. The molecule has 44 heavy (non-hydrogen) atoms. The molecule has 0 aromatic rings. The summed E-state index contributed by atoms with van der Waals surface area (Å²) in [7, 11) is 0. The summed E-state index contributed by atoms with van der Waals surface area (Å²) in [6, 6.07) is 0. The van der Waals surface area contributed by atoms with Crippen LogP contribution >= 0.6 is 0 Å². The Labute approximate surface area is 261 Å². The summed E-state index contributed by atoms with van der Waals surface area (Å²) >= 11 is 0. The average Bonchev–Trinajstić information content (AvgIpc) is 3.84. The minimum Gasteiger partial charge on any atom is -0.378 e. The number of epoxide rings is 3. The van der Waals surface area contributed by atoms with E-state index in [0.29, 0.717) is 59.5 Å². The molecule has 0 aromatic heterocycles. The molecule has 14 heteroatoms. The molecule has 8 atom stereocenters. The SMILES string of the molecule is CCOCOCC(C)(COCC1CO1)COC(O)COC(C)C(C)OCC(O)OCC(C)(COCC1CO1)COCC1CO1. The van der Waals surface area contributed by atoms with Gasteiger partial charge in [0.05, 0.1) is 105 Å². The molecule has 3 fully saturated rings. The van der Waals surface area contributed by atoms with Crippen LogP contribution in [0, 0.1) is 10.8 Å². The van der Waals surface area contributed by atoms with Gasteiger partial charge in [-0.3, -0.25) is 0 Å². The monoisotopic (exact) mass is 640 g/mol. The molecule has 260 valence electrons. The van der Waals surface area contributed by atoms with Crippen molar-refractivity contribution in [1.29, 1.82) is 0 Å². The normalized spacial score (nSPS) is 26.4. The van der Waals surface area contributed by atoms with E-state index in [2.05, 4.69) is 0 Å². The number of hydrogen-bond donors (Lipinski definition) is 2. The van der Waals surface area contributed by atoms with Crippen molar-refractivity contribution in [2.75, 3.05) is 106 Å². The predicted octanol–water partition coefficient (Wildman–Crippen LogP) is 0.736. The van der Waals surface area contributed by atoms with Crippen LogP contribution in [-0.4, -0.2) is 159 Å². The third-order valence-electron chi connectivity index (χ3n) is 7.20. The van der Waals surface area contributed by atoms with Crippen molar-refractivity contribution in [3.63, 3.8) is 0 Å². The molecule has 3 heterocycles. The Hall–Kier alpha value is -0.560. The summed E-state index contributed by atoms with van der Waals surface area (Å²) < 4.78 is 66.8. The second kappa shape index (κ2) is 20.0. The summed E-state index contributed by atoms with van der Waals surface area (Å²) in [6.45, 7) is 15.8. The molecule has 3 saturated heterocycles. The molecule has 2 N–H and O–H groups in total. The van der Waals surface area contributed by atoms with Gasteiger partial charge >= 0.3 is 0 Å². The first-order chi connectivity index (χ1) is 21.1. The first-order valence-corrected chi connectivity index (χ1v) is 15.7. The molecular weight excluding hydrogens is 584 g/mol. The minimum absolute atomic E-state index is 0.0520. The van der Waals surface area contributed by atoms with Gasteiger partial charge in [0, 0.05) is 17.4 Å². The minimum atomic E-state index is -1.16. The van der Waals surface area contributed by atoms with Gasteiger partial charge in [-0.25, -0.2) is 0 Å². The molecule has 0 saturated carbocycles. The van der Waals surface area contributed by atoms with E-state index in [1.807, 2.05) is 34.6 Å². The second-order valence-corrected chi connectivity index (χ2v) is 12.6. The van der Waals surface area contributed by atoms with Gasteiger partial charge < -0.3 is 67.1 Å². The Bertz CT molecular complexity index is 731. The molecule has 14 nitrogen and oxygen atoms in total. The number of aliphatic hydroxyl groups is 2. The van der Waals surface area contributed by atoms with Gasteiger partial charge in [0.1, 0.15) is 25.1 Å². The van der Waals surface area contributed by atoms with Gasteiger partial charge in [-0.1, -0.05) is 13.8 Å². The van der Waals surface area contributed by atoms with Crippen LogP contribution in [0.1, 0.15) is 34.6 Å². The first-order valence-electron chi connectivity index (χ1n) is 15.7. The third-order valence-corrected chi connectivity index (χ3v) is 7.20. The number of ether oxygens (including phenoxy) is 12. The van der Waals surface area contributed by atoms with Gasteiger partial charge in [0.2, 0.25) is 0 Å². The fourth-order valence-electron chi connectivity index (χ4n) is 3.91. The van der Waals surface area contributed by atoms with E-state index >= 15 is 0 Å². The van der Waals surface area contributed by atoms with E-state index in [9.17, 15) is 10.2 Å². The molecule has 3 rings (SSSR count). The van der Waals surface area contributed by atoms with Crippen molar-refractivity contribution in [3.05, 3.63) is 0 Å². The van der Waals surface area contributed by atoms with Crippen molar-refractivity contribution in [1.82, 2.24) is 0 Å². The maximum absolute atomic E-state index is 10.4. The van der Waals surface area contributed by atoms with Crippen LogP contribution in [0.5, 0.6) is 0 Å². The van der Waals surface area contributed by atoms with E-state index < -0.39 is 23.4 Å². The number of rotatable bonds is 30. The highest BCUT2D eigenvalue weighted by Gasteiger charge is 2.32. The van der Waals surface area contributed by atoms with Crippen LogP contribution < -0.4 is 0 Å². The van der Waals surface area contributed by atoms with E-state index in [4.69, 9.17) is 56.8 Å². The lowest BCUT2D eigenvalue weighted by molar-refractivity contribution is -0.200. The summed E-state index contributed by atoms with van der Waals surface area (Å²) in [5.41, 5.74) is -0.969. The Morgan fingerprint density at radius 3 is 1.30 bits per heavy atom. The van der Waals surface area contributed by atoms with Crippen LogP contribution in [-0.2, 0) is 56.8 Å². The average molecular weight is 641 g/mol. The summed E-state index contributed by atoms with van der Waals surface area (Å²) in [5.74, 6) is 0. The summed E-state index contributed by atoms with van der Waals surface area (Å²) in [4.78, 5) is 0. The zero-order valence-electron chi connectivity index (χ0n) is 27.1. The van der Waals surface area contributed by atoms with Crippen LogP contribution in [0.3, 0.4) is 0 Å². The largest absolute Gasteiger partial charge is 0.378 e. The molecule has 3 aliphatic heterocycles. The highest BCUT2D eigenvalue weighted by molar-refractivity contribution is 4.78. The summed E-state index contributed by atoms with van der Waals surface area (Å²) in [6.07, 6.45) is -2.59. The lowest BCUT2D eigenvalue weighted by Gasteiger charge is -2.31. The van der Waals surface area contributed by atoms with Gasteiger partial charge in [0.15, 0.2) is 12.6 Å². The second-order valence-electron chi connectivity index (χ2n) is 12.6. The molecule has 0 aromatic carbocycles. The van der Waals surface area contributed by atoms with E-state index in [-0.39, 0.29) is 63.7 Å². The van der Waals surface area contributed by atoms with Gasteiger partial charge in [-0.15, -0.1) is 0 Å². The zero-order chi connectivity index (χ0) is 31.8. The molecule has 0 radical (unpaired) electrons. The van der Waals surface area contributed by atoms with Crippen molar-refractivity contribution in [2.45, 2.75) is 77.7 Å². The summed E-state index contributed by atoms with van der Waals surface area (Å²) in [5, 5.41) is 20.9. The maximum Gasteiger partial charge on any atom is 0.178 e. The molecule has 0 aliphatic carbocycles. The topological polar surface area (TPSA) is 161 Å². The molecule has 3 aliphatic rings. The first kappa shape index (κ1) is 37.9. The van der Waals surface area contributed by atoms with E-state index in [1.165, 1.54) is 0 Å². The van der Waals surface area contributed by atoms with Crippen molar-refractivity contribution < 1.29 is 67.1 Å². The Balaban J connectivity index is 1.30.